The summed E-state index contributed by atoms with van der Waals surface area (Å²) in [7, 11) is -1.27. The van der Waals surface area contributed by atoms with Gasteiger partial charge in [0.15, 0.2) is 0 Å². The fraction of sp³-hybridized carbons (Fsp3) is 0.714. The highest BCUT2D eigenvalue weighted by molar-refractivity contribution is 7.88. The van der Waals surface area contributed by atoms with E-state index in [1.165, 1.54) is 10.6 Å². The first-order valence-corrected chi connectivity index (χ1v) is 9.40. The van der Waals surface area contributed by atoms with Crippen LogP contribution in [-0.2, 0) is 28.3 Å². The Balaban J connectivity index is 1.73. The summed E-state index contributed by atoms with van der Waals surface area (Å²) in [6, 6.07) is 1.90. The lowest BCUT2D eigenvalue weighted by Crippen LogP contribution is -2.43. The Morgan fingerprint density at radius 2 is 2.27 bits per heavy atom. The number of piperidine rings is 1. The van der Waals surface area contributed by atoms with E-state index < -0.39 is 10.0 Å². The van der Waals surface area contributed by atoms with Crippen molar-refractivity contribution in [2.24, 2.45) is 13.0 Å². The highest BCUT2D eigenvalue weighted by Crippen LogP contribution is 2.17. The Morgan fingerprint density at radius 1 is 1.50 bits per heavy atom. The highest BCUT2D eigenvalue weighted by Gasteiger charge is 2.25. The fourth-order valence-corrected chi connectivity index (χ4v) is 3.67. The van der Waals surface area contributed by atoms with Crippen molar-refractivity contribution in [1.29, 1.82) is 0 Å². The average molecular weight is 328 g/mol. The molecule has 1 aromatic heterocycles. The second-order valence-electron chi connectivity index (χ2n) is 5.88. The maximum atomic E-state index is 11.9. The van der Waals surface area contributed by atoms with E-state index in [9.17, 15) is 13.2 Å². The summed E-state index contributed by atoms with van der Waals surface area (Å²) < 4.78 is 26.4. The van der Waals surface area contributed by atoms with Gasteiger partial charge in [-0.1, -0.05) is 0 Å². The molecule has 124 valence electrons. The number of sulfonamides is 1. The third-order valence-electron chi connectivity index (χ3n) is 4.07. The van der Waals surface area contributed by atoms with Crippen LogP contribution in [0.2, 0.25) is 0 Å². The number of nitrogens with one attached hydrogen (secondary N) is 1. The van der Waals surface area contributed by atoms with Crippen LogP contribution >= 0.6 is 0 Å². The van der Waals surface area contributed by atoms with Gasteiger partial charge in [-0.2, -0.15) is 5.10 Å². The van der Waals surface area contributed by atoms with Gasteiger partial charge in [0.1, 0.15) is 0 Å². The van der Waals surface area contributed by atoms with Gasteiger partial charge in [0.2, 0.25) is 15.9 Å². The van der Waals surface area contributed by atoms with E-state index in [2.05, 4.69) is 10.4 Å². The standard InChI is InChI=1S/C14H24N4O3S/c1-17-13(7-8-16-17)5-6-14(19)15-10-12-4-3-9-18(11-12)22(2,20)21/h7-8,12H,3-6,9-11H2,1-2H3,(H,15,19)/t12-/m1/s1. The minimum absolute atomic E-state index is 0.00215. The van der Waals surface area contributed by atoms with Crippen LogP contribution in [0.4, 0.5) is 0 Å². The van der Waals surface area contributed by atoms with E-state index in [0.29, 0.717) is 32.5 Å². The van der Waals surface area contributed by atoms with Crippen molar-refractivity contribution in [3.63, 3.8) is 0 Å². The molecule has 1 N–H and O–H groups in total. The van der Waals surface area contributed by atoms with Crippen LogP contribution in [0.3, 0.4) is 0 Å². The van der Waals surface area contributed by atoms with E-state index in [-0.39, 0.29) is 11.8 Å². The summed E-state index contributed by atoms with van der Waals surface area (Å²) in [4.78, 5) is 11.9. The number of rotatable bonds is 6. The molecule has 0 aromatic carbocycles. The van der Waals surface area contributed by atoms with Crippen molar-refractivity contribution < 1.29 is 13.2 Å². The number of nitrogens with zero attached hydrogens (tertiary/aromatic N) is 3. The van der Waals surface area contributed by atoms with Crippen LogP contribution in [0, 0.1) is 5.92 Å². The summed E-state index contributed by atoms with van der Waals surface area (Å²) in [5.41, 5.74) is 1.02. The first-order chi connectivity index (χ1) is 10.4. The number of carbonyl (C=O) groups is 1. The molecule has 22 heavy (non-hydrogen) atoms. The second-order valence-corrected chi connectivity index (χ2v) is 7.86. The topological polar surface area (TPSA) is 84.3 Å². The third kappa shape index (κ3) is 4.81. The molecular formula is C14H24N4O3S. The highest BCUT2D eigenvalue weighted by atomic mass is 32.2. The lowest BCUT2D eigenvalue weighted by Gasteiger charge is -2.30. The molecule has 1 aromatic rings. The summed E-state index contributed by atoms with van der Waals surface area (Å²) in [5, 5.41) is 6.98. The molecule has 1 fully saturated rings. The molecule has 0 radical (unpaired) electrons. The van der Waals surface area contributed by atoms with Gasteiger partial charge in [-0.25, -0.2) is 12.7 Å². The molecule has 1 aliphatic rings. The van der Waals surface area contributed by atoms with Crippen molar-refractivity contribution in [2.75, 3.05) is 25.9 Å². The summed E-state index contributed by atoms with van der Waals surface area (Å²) >= 11 is 0. The first kappa shape index (κ1) is 17.0. The Bertz CT molecular complexity index is 611. The molecule has 1 atom stereocenters. The van der Waals surface area contributed by atoms with Crippen LogP contribution < -0.4 is 5.32 Å². The molecule has 1 saturated heterocycles. The van der Waals surface area contributed by atoms with Gasteiger partial charge >= 0.3 is 0 Å². The summed E-state index contributed by atoms with van der Waals surface area (Å²) in [5.74, 6) is 0.196. The largest absolute Gasteiger partial charge is 0.356 e. The normalized spacial score (nSPS) is 20.0. The van der Waals surface area contributed by atoms with E-state index >= 15 is 0 Å². The average Bonchev–Trinajstić information content (AvgIpc) is 2.88. The van der Waals surface area contributed by atoms with Crippen molar-refractivity contribution in [3.8, 4) is 0 Å². The van der Waals surface area contributed by atoms with Gasteiger partial charge in [0.05, 0.1) is 6.26 Å². The Kier molecular flexibility index (Phi) is 5.57. The zero-order chi connectivity index (χ0) is 16.2. The SMILES string of the molecule is Cn1nccc1CCC(=O)NC[C@H]1CCCN(S(C)(=O)=O)C1. The molecule has 1 aliphatic heterocycles. The monoisotopic (exact) mass is 328 g/mol. The van der Waals surface area contributed by atoms with Crippen LogP contribution in [0.25, 0.3) is 0 Å². The molecule has 0 spiro atoms. The van der Waals surface area contributed by atoms with Gasteiger partial charge < -0.3 is 5.32 Å². The quantitative estimate of drug-likeness (QED) is 0.805. The Labute approximate surface area is 131 Å². The van der Waals surface area contributed by atoms with Crippen molar-refractivity contribution >= 4 is 15.9 Å². The van der Waals surface area contributed by atoms with Crippen LogP contribution in [0.1, 0.15) is 25.0 Å². The second kappa shape index (κ2) is 7.23. The minimum atomic E-state index is -3.13. The maximum absolute atomic E-state index is 11.9. The predicted octanol–water partition coefficient (Wildman–Crippen LogP) is 0.141. The molecule has 0 saturated carbocycles. The molecule has 0 unspecified atom stereocenters. The Morgan fingerprint density at radius 3 is 2.91 bits per heavy atom. The fourth-order valence-electron chi connectivity index (χ4n) is 2.73. The number of carbonyl (C=O) groups excluding carboxylic acids is 1. The zero-order valence-electron chi connectivity index (χ0n) is 13.2. The molecule has 2 heterocycles. The zero-order valence-corrected chi connectivity index (χ0v) is 14.0. The lowest BCUT2D eigenvalue weighted by molar-refractivity contribution is -0.121. The minimum Gasteiger partial charge on any atom is -0.356 e. The van der Waals surface area contributed by atoms with E-state index in [0.717, 1.165) is 18.5 Å². The molecule has 1 amide bonds. The third-order valence-corrected chi connectivity index (χ3v) is 5.34. The number of hydrogen-bond donors (Lipinski definition) is 1. The molecule has 2 rings (SSSR count). The van der Waals surface area contributed by atoms with Gasteiger partial charge in [0, 0.05) is 45.0 Å². The number of amides is 1. The molecular weight excluding hydrogens is 304 g/mol. The number of aromatic nitrogens is 2. The lowest BCUT2D eigenvalue weighted by atomic mass is 9.99. The van der Waals surface area contributed by atoms with Gasteiger partial charge in [-0.15, -0.1) is 0 Å². The number of aryl methyl sites for hydroxylation is 2. The van der Waals surface area contributed by atoms with Crippen LogP contribution in [0.15, 0.2) is 12.3 Å². The van der Waals surface area contributed by atoms with Crippen molar-refractivity contribution in [3.05, 3.63) is 18.0 Å². The van der Waals surface area contributed by atoms with Gasteiger partial charge in [0.25, 0.3) is 0 Å². The molecule has 0 bridgehead atoms. The number of hydrogen-bond acceptors (Lipinski definition) is 4. The van der Waals surface area contributed by atoms with Crippen LogP contribution in [-0.4, -0.2) is 54.3 Å². The van der Waals surface area contributed by atoms with E-state index in [1.807, 2.05) is 13.1 Å². The van der Waals surface area contributed by atoms with Crippen LogP contribution in [0.5, 0.6) is 0 Å². The van der Waals surface area contributed by atoms with Crippen molar-refractivity contribution in [2.45, 2.75) is 25.7 Å². The molecule has 8 heteroatoms. The first-order valence-electron chi connectivity index (χ1n) is 7.55. The molecule has 0 aliphatic carbocycles. The Hall–Kier alpha value is -1.41. The van der Waals surface area contributed by atoms with Crippen molar-refractivity contribution in [1.82, 2.24) is 19.4 Å². The smallest absolute Gasteiger partial charge is 0.220 e. The van der Waals surface area contributed by atoms with Gasteiger partial charge in [-0.3, -0.25) is 9.48 Å². The summed E-state index contributed by atoms with van der Waals surface area (Å²) in [6.07, 6.45) is 5.83. The molecule has 7 nitrogen and oxygen atoms in total. The van der Waals surface area contributed by atoms with Gasteiger partial charge in [-0.05, 0) is 31.2 Å². The van der Waals surface area contributed by atoms with E-state index in [1.54, 1.807) is 10.9 Å². The van der Waals surface area contributed by atoms with E-state index in [4.69, 9.17) is 0 Å². The summed E-state index contributed by atoms with van der Waals surface area (Å²) in [6.45, 7) is 1.63. The maximum Gasteiger partial charge on any atom is 0.220 e. The predicted molar refractivity (Wildman–Crippen MR) is 83.7 cm³/mol.